The Morgan fingerprint density at radius 2 is 2.29 bits per heavy atom. The Kier molecular flexibility index (Phi) is 2.91. The van der Waals surface area contributed by atoms with E-state index in [0.717, 1.165) is 24.0 Å². The molecule has 0 fully saturated rings. The van der Waals surface area contributed by atoms with Crippen LogP contribution in [0.15, 0.2) is 22.7 Å². The molecule has 0 amide bonds. The normalized spacial score (nSPS) is 19.1. The molecule has 0 aliphatic carbocycles. The summed E-state index contributed by atoms with van der Waals surface area (Å²) in [7, 11) is 0. The van der Waals surface area contributed by atoms with Gasteiger partial charge in [0.15, 0.2) is 0 Å². The van der Waals surface area contributed by atoms with Gasteiger partial charge in [-0.05, 0) is 30.5 Å². The first kappa shape index (κ1) is 10.1. The summed E-state index contributed by atoms with van der Waals surface area (Å²) in [6.07, 6.45) is 0.676. The molecule has 1 atom stereocenters. The van der Waals surface area contributed by atoms with Crippen molar-refractivity contribution in [2.45, 2.75) is 26.1 Å². The molecule has 0 bridgehead atoms. The molecular formula is C11H14BrNO. The molecule has 1 aliphatic rings. The molecule has 0 aromatic heterocycles. The molecule has 1 heterocycles. The highest BCUT2D eigenvalue weighted by atomic mass is 79.9. The zero-order valence-corrected chi connectivity index (χ0v) is 9.79. The van der Waals surface area contributed by atoms with Crippen molar-refractivity contribution in [1.29, 1.82) is 0 Å². The summed E-state index contributed by atoms with van der Waals surface area (Å²) >= 11 is 3.55. The fraction of sp³-hybridized carbons (Fsp3) is 0.455. The predicted octanol–water partition coefficient (Wildman–Crippen LogP) is 2.15. The number of aliphatic hydroxyl groups is 1. The average Bonchev–Trinajstić information content (AvgIpc) is 2.18. The van der Waals surface area contributed by atoms with Crippen LogP contribution >= 0.6 is 15.9 Å². The summed E-state index contributed by atoms with van der Waals surface area (Å²) in [5.74, 6) is 0. The number of benzene rings is 1. The molecule has 3 heteroatoms. The van der Waals surface area contributed by atoms with Crippen LogP contribution < -0.4 is 0 Å². The molecular weight excluding hydrogens is 242 g/mol. The Labute approximate surface area is 92.7 Å². The number of aliphatic hydroxyl groups excluding tert-OH is 1. The number of halogens is 1. The van der Waals surface area contributed by atoms with Crippen molar-refractivity contribution in [2.75, 3.05) is 6.54 Å². The van der Waals surface area contributed by atoms with Crippen LogP contribution in [0.5, 0.6) is 0 Å². The van der Waals surface area contributed by atoms with Crippen LogP contribution in [0.3, 0.4) is 0 Å². The van der Waals surface area contributed by atoms with E-state index in [1.807, 2.05) is 6.92 Å². The standard InChI is InChI=1S/C11H14BrNO/c1-8(14)13-6-5-9-3-2-4-11(12)10(9)7-13/h2-4,8,14H,5-7H2,1H3. The van der Waals surface area contributed by atoms with Gasteiger partial charge in [-0.15, -0.1) is 0 Å². The molecule has 14 heavy (non-hydrogen) atoms. The topological polar surface area (TPSA) is 23.5 Å². The van der Waals surface area contributed by atoms with Crippen molar-refractivity contribution < 1.29 is 5.11 Å². The number of nitrogens with zero attached hydrogens (tertiary/aromatic N) is 1. The minimum atomic E-state index is -0.352. The Morgan fingerprint density at radius 1 is 1.50 bits per heavy atom. The maximum absolute atomic E-state index is 9.50. The van der Waals surface area contributed by atoms with Gasteiger partial charge in [0, 0.05) is 17.6 Å². The van der Waals surface area contributed by atoms with E-state index in [4.69, 9.17) is 0 Å². The van der Waals surface area contributed by atoms with Crippen molar-refractivity contribution in [3.05, 3.63) is 33.8 Å². The highest BCUT2D eigenvalue weighted by Gasteiger charge is 2.20. The number of rotatable bonds is 1. The van der Waals surface area contributed by atoms with Crippen molar-refractivity contribution in [3.8, 4) is 0 Å². The van der Waals surface area contributed by atoms with E-state index in [2.05, 4.69) is 39.0 Å². The third-order valence-electron chi connectivity index (χ3n) is 2.77. The van der Waals surface area contributed by atoms with Crippen molar-refractivity contribution in [2.24, 2.45) is 0 Å². The maximum Gasteiger partial charge on any atom is 0.104 e. The van der Waals surface area contributed by atoms with E-state index in [1.54, 1.807) is 0 Å². The van der Waals surface area contributed by atoms with E-state index < -0.39 is 0 Å². The largest absolute Gasteiger partial charge is 0.379 e. The SMILES string of the molecule is CC(O)N1CCc2cccc(Br)c2C1. The van der Waals surface area contributed by atoms with Gasteiger partial charge in [0.05, 0.1) is 0 Å². The fourth-order valence-corrected chi connectivity index (χ4v) is 2.41. The molecule has 1 aromatic carbocycles. The molecule has 0 saturated heterocycles. The molecule has 1 aromatic rings. The van der Waals surface area contributed by atoms with Crippen molar-refractivity contribution >= 4 is 15.9 Å². The van der Waals surface area contributed by atoms with Crippen LogP contribution in [0.25, 0.3) is 0 Å². The Balaban J connectivity index is 2.29. The third-order valence-corrected chi connectivity index (χ3v) is 3.52. The molecule has 1 unspecified atom stereocenters. The van der Waals surface area contributed by atoms with Gasteiger partial charge in [-0.3, -0.25) is 4.90 Å². The van der Waals surface area contributed by atoms with Gasteiger partial charge in [-0.25, -0.2) is 0 Å². The summed E-state index contributed by atoms with van der Waals surface area (Å²) in [6, 6.07) is 6.30. The lowest BCUT2D eigenvalue weighted by Gasteiger charge is -2.31. The Hall–Kier alpha value is -0.380. The molecule has 2 rings (SSSR count). The van der Waals surface area contributed by atoms with Crippen molar-refractivity contribution in [3.63, 3.8) is 0 Å². The highest BCUT2D eigenvalue weighted by molar-refractivity contribution is 9.10. The van der Waals surface area contributed by atoms with Crippen molar-refractivity contribution in [1.82, 2.24) is 4.90 Å². The van der Waals surface area contributed by atoms with Gasteiger partial charge in [-0.2, -0.15) is 0 Å². The number of fused-ring (bicyclic) bond motifs is 1. The summed E-state index contributed by atoms with van der Waals surface area (Å²) in [4.78, 5) is 2.08. The van der Waals surface area contributed by atoms with Gasteiger partial charge in [-0.1, -0.05) is 28.1 Å². The molecule has 0 spiro atoms. The van der Waals surface area contributed by atoms with E-state index in [1.165, 1.54) is 11.1 Å². The number of hydrogen-bond acceptors (Lipinski definition) is 2. The van der Waals surface area contributed by atoms with Crippen LogP contribution in [0.1, 0.15) is 18.1 Å². The fourth-order valence-electron chi connectivity index (χ4n) is 1.88. The summed E-state index contributed by atoms with van der Waals surface area (Å²) in [6.45, 7) is 3.61. The first-order valence-electron chi connectivity index (χ1n) is 4.87. The summed E-state index contributed by atoms with van der Waals surface area (Å²) < 4.78 is 1.15. The minimum Gasteiger partial charge on any atom is -0.379 e. The number of hydrogen-bond donors (Lipinski definition) is 1. The quantitative estimate of drug-likeness (QED) is 0.832. The molecule has 1 N–H and O–H groups in total. The van der Waals surface area contributed by atoms with Gasteiger partial charge in [0.25, 0.3) is 0 Å². The van der Waals surface area contributed by atoms with Crippen LogP contribution in [0.4, 0.5) is 0 Å². The molecule has 76 valence electrons. The second-order valence-corrected chi connectivity index (χ2v) is 4.58. The molecule has 2 nitrogen and oxygen atoms in total. The Bertz CT molecular complexity index is 338. The lowest BCUT2D eigenvalue weighted by molar-refractivity contribution is 0.00902. The minimum absolute atomic E-state index is 0.352. The molecule has 0 radical (unpaired) electrons. The zero-order valence-electron chi connectivity index (χ0n) is 8.20. The van der Waals surface area contributed by atoms with Crippen LogP contribution in [-0.4, -0.2) is 22.8 Å². The highest BCUT2D eigenvalue weighted by Crippen LogP contribution is 2.26. The van der Waals surface area contributed by atoms with E-state index in [9.17, 15) is 5.11 Å². The first-order valence-corrected chi connectivity index (χ1v) is 5.66. The predicted molar refractivity (Wildman–Crippen MR) is 59.9 cm³/mol. The van der Waals surface area contributed by atoms with E-state index in [-0.39, 0.29) is 6.23 Å². The second-order valence-electron chi connectivity index (χ2n) is 3.73. The second kappa shape index (κ2) is 4.01. The maximum atomic E-state index is 9.50. The monoisotopic (exact) mass is 255 g/mol. The van der Waals surface area contributed by atoms with Gasteiger partial charge in [0.1, 0.15) is 6.23 Å². The van der Waals surface area contributed by atoms with Gasteiger partial charge in [0.2, 0.25) is 0 Å². The lowest BCUT2D eigenvalue weighted by atomic mass is 10.00. The zero-order chi connectivity index (χ0) is 10.1. The summed E-state index contributed by atoms with van der Waals surface area (Å²) in [5, 5.41) is 9.50. The van der Waals surface area contributed by atoms with E-state index in [0.29, 0.717) is 0 Å². The molecule has 1 aliphatic heterocycles. The molecule has 0 saturated carbocycles. The Morgan fingerprint density at radius 3 is 3.00 bits per heavy atom. The summed E-state index contributed by atoms with van der Waals surface area (Å²) in [5.41, 5.74) is 2.72. The van der Waals surface area contributed by atoms with Crippen LogP contribution in [0.2, 0.25) is 0 Å². The van der Waals surface area contributed by atoms with E-state index >= 15 is 0 Å². The average molecular weight is 256 g/mol. The smallest absolute Gasteiger partial charge is 0.104 e. The lowest BCUT2D eigenvalue weighted by Crippen LogP contribution is -2.37. The third kappa shape index (κ3) is 1.85. The van der Waals surface area contributed by atoms with Gasteiger partial charge >= 0.3 is 0 Å². The first-order chi connectivity index (χ1) is 6.68. The van der Waals surface area contributed by atoms with Crippen LogP contribution in [-0.2, 0) is 13.0 Å². The van der Waals surface area contributed by atoms with Gasteiger partial charge < -0.3 is 5.11 Å². The van der Waals surface area contributed by atoms with Crippen LogP contribution in [0, 0.1) is 0 Å².